The number of rotatable bonds is 9. The van der Waals surface area contributed by atoms with Crippen LogP contribution in [-0.2, 0) is 12.3 Å². The van der Waals surface area contributed by atoms with Crippen molar-refractivity contribution in [1.29, 1.82) is 0 Å². The van der Waals surface area contributed by atoms with Crippen LogP contribution in [0.15, 0.2) is 71.9 Å². The summed E-state index contributed by atoms with van der Waals surface area (Å²) in [5.41, 5.74) is 3.60. The van der Waals surface area contributed by atoms with Crippen LogP contribution in [0.5, 0.6) is 11.5 Å². The topological polar surface area (TPSA) is 90.3 Å². The molecule has 0 saturated heterocycles. The molecule has 8 nitrogen and oxygen atoms in total. The number of aromatic nitrogens is 3. The molecule has 3 aromatic carbocycles. The van der Waals surface area contributed by atoms with E-state index in [-0.39, 0.29) is 12.6 Å². The summed E-state index contributed by atoms with van der Waals surface area (Å²) in [5, 5.41) is 15.8. The fourth-order valence-corrected chi connectivity index (χ4v) is 4.57. The Labute approximate surface area is 219 Å². The zero-order chi connectivity index (χ0) is 25.5. The zero-order valence-electron chi connectivity index (χ0n) is 20.1. The fourth-order valence-electron chi connectivity index (χ4n) is 3.49. The summed E-state index contributed by atoms with van der Waals surface area (Å²) in [6, 6.07) is 20.3. The molecule has 0 aliphatic carbocycles. The number of carbonyl (C=O) groups is 1. The first-order valence-corrected chi connectivity index (χ1v) is 12.5. The van der Waals surface area contributed by atoms with Crippen LogP contribution in [0.2, 0.25) is 5.02 Å². The third-order valence-electron chi connectivity index (χ3n) is 5.37. The molecule has 0 spiro atoms. The summed E-state index contributed by atoms with van der Waals surface area (Å²) in [7, 11) is 3.24. The normalized spacial score (nSPS) is 10.7. The van der Waals surface area contributed by atoms with Gasteiger partial charge in [0, 0.05) is 16.5 Å². The lowest BCUT2D eigenvalue weighted by molar-refractivity contribution is 0.251. The molecule has 0 fully saturated rings. The molecule has 4 rings (SSSR count). The highest BCUT2D eigenvalue weighted by Crippen LogP contribution is 2.29. The number of urea groups is 1. The summed E-state index contributed by atoms with van der Waals surface area (Å²) in [6.07, 6.45) is 0. The molecule has 0 bridgehead atoms. The van der Waals surface area contributed by atoms with Crippen LogP contribution in [0.25, 0.3) is 5.69 Å². The van der Waals surface area contributed by atoms with Crippen LogP contribution in [0.1, 0.15) is 17.0 Å². The van der Waals surface area contributed by atoms with E-state index in [1.807, 2.05) is 54.0 Å². The summed E-state index contributed by atoms with van der Waals surface area (Å²) in [6.45, 7) is 2.16. The quantitative estimate of drug-likeness (QED) is 0.267. The van der Waals surface area contributed by atoms with Gasteiger partial charge in [0.25, 0.3) is 0 Å². The number of aryl methyl sites for hydroxylation is 1. The molecule has 0 saturated carbocycles. The molecule has 0 radical (unpaired) electrons. The first-order valence-electron chi connectivity index (χ1n) is 11.1. The lowest BCUT2D eigenvalue weighted by Gasteiger charge is -2.14. The Morgan fingerprint density at radius 2 is 1.78 bits per heavy atom. The maximum absolute atomic E-state index is 12.5. The molecule has 10 heteroatoms. The number of ether oxygens (including phenoxy) is 2. The van der Waals surface area contributed by atoms with E-state index in [1.54, 1.807) is 50.2 Å². The first-order chi connectivity index (χ1) is 17.5. The molecule has 1 aromatic heterocycles. The number of methoxy groups -OCH3 is 2. The predicted molar refractivity (Wildman–Crippen MR) is 143 cm³/mol. The van der Waals surface area contributed by atoms with Crippen molar-refractivity contribution >= 4 is 35.1 Å². The summed E-state index contributed by atoms with van der Waals surface area (Å²) >= 11 is 7.86. The molecular formula is C26H26ClN5O3S. The highest BCUT2D eigenvalue weighted by atomic mass is 35.5. The van der Waals surface area contributed by atoms with E-state index in [4.69, 9.17) is 21.1 Å². The van der Waals surface area contributed by atoms with Gasteiger partial charge in [-0.1, -0.05) is 41.6 Å². The van der Waals surface area contributed by atoms with Gasteiger partial charge in [-0.05, 0) is 66.6 Å². The largest absolute Gasteiger partial charge is 0.497 e. The summed E-state index contributed by atoms with van der Waals surface area (Å²) in [4.78, 5) is 12.5. The van der Waals surface area contributed by atoms with Gasteiger partial charge >= 0.3 is 6.03 Å². The molecular weight excluding hydrogens is 498 g/mol. The third-order valence-corrected chi connectivity index (χ3v) is 6.60. The Kier molecular flexibility index (Phi) is 8.35. The Morgan fingerprint density at radius 1 is 1.00 bits per heavy atom. The van der Waals surface area contributed by atoms with Crippen LogP contribution in [-0.4, -0.2) is 35.0 Å². The van der Waals surface area contributed by atoms with E-state index in [1.165, 1.54) is 0 Å². The highest BCUT2D eigenvalue weighted by molar-refractivity contribution is 7.98. The minimum Gasteiger partial charge on any atom is -0.497 e. The number of anilines is 1. The monoisotopic (exact) mass is 523 g/mol. The van der Waals surface area contributed by atoms with Crippen LogP contribution in [0, 0.1) is 6.92 Å². The number of hydrogen-bond donors (Lipinski definition) is 2. The average molecular weight is 524 g/mol. The SMILES string of the molecule is COc1ccc(NC(=O)NCc2nnc(SCc3cccc(OC)c3)n2-c2cc(Cl)ccc2C)cc1. The molecule has 36 heavy (non-hydrogen) atoms. The molecule has 0 aliphatic rings. The van der Waals surface area contributed by atoms with Gasteiger partial charge in [-0.3, -0.25) is 4.57 Å². The standard InChI is InChI=1S/C26H26ClN5O3S/c1-17-7-8-19(27)14-23(17)32-24(15-28-25(33)29-20-9-11-21(34-2)12-10-20)30-31-26(32)36-16-18-5-4-6-22(13-18)35-3/h4-14H,15-16H2,1-3H3,(H2,28,29,33). The van der Waals surface area contributed by atoms with Gasteiger partial charge in [-0.2, -0.15) is 0 Å². The number of halogens is 1. The zero-order valence-corrected chi connectivity index (χ0v) is 21.7. The van der Waals surface area contributed by atoms with Crippen molar-refractivity contribution in [2.24, 2.45) is 0 Å². The van der Waals surface area contributed by atoms with Crippen molar-refractivity contribution in [2.75, 3.05) is 19.5 Å². The molecule has 1 heterocycles. The molecule has 0 aliphatic heterocycles. The smallest absolute Gasteiger partial charge is 0.319 e. The second-order valence-electron chi connectivity index (χ2n) is 7.84. The number of nitrogens with zero attached hydrogens (tertiary/aromatic N) is 3. The van der Waals surface area contributed by atoms with E-state index in [0.717, 1.165) is 22.6 Å². The average Bonchev–Trinajstić information content (AvgIpc) is 3.30. The summed E-state index contributed by atoms with van der Waals surface area (Å²) < 4.78 is 12.4. The predicted octanol–water partition coefficient (Wildman–Crippen LogP) is 5.86. The van der Waals surface area contributed by atoms with Crippen molar-refractivity contribution in [3.8, 4) is 17.2 Å². The number of amides is 2. The van der Waals surface area contributed by atoms with E-state index in [9.17, 15) is 4.79 Å². The number of thioether (sulfide) groups is 1. The molecule has 0 unspecified atom stereocenters. The van der Waals surface area contributed by atoms with Crippen molar-refractivity contribution < 1.29 is 14.3 Å². The highest BCUT2D eigenvalue weighted by Gasteiger charge is 2.17. The van der Waals surface area contributed by atoms with Gasteiger partial charge in [-0.25, -0.2) is 4.79 Å². The lowest BCUT2D eigenvalue weighted by Crippen LogP contribution is -2.29. The van der Waals surface area contributed by atoms with Gasteiger partial charge in [0.1, 0.15) is 11.5 Å². The van der Waals surface area contributed by atoms with Crippen LogP contribution in [0.3, 0.4) is 0 Å². The molecule has 0 atom stereocenters. The second-order valence-corrected chi connectivity index (χ2v) is 9.22. The number of hydrogen-bond acceptors (Lipinski definition) is 6. The Morgan fingerprint density at radius 3 is 2.53 bits per heavy atom. The molecule has 4 aromatic rings. The Balaban J connectivity index is 1.53. The fraction of sp³-hybridized carbons (Fsp3) is 0.192. The Hall–Kier alpha value is -3.69. The number of nitrogens with one attached hydrogen (secondary N) is 2. The second kappa shape index (κ2) is 11.8. The van der Waals surface area contributed by atoms with Gasteiger partial charge in [0.05, 0.1) is 26.5 Å². The van der Waals surface area contributed by atoms with Crippen molar-refractivity contribution in [2.45, 2.75) is 24.4 Å². The molecule has 186 valence electrons. The van der Waals surface area contributed by atoms with Gasteiger partial charge < -0.3 is 20.1 Å². The summed E-state index contributed by atoms with van der Waals surface area (Å²) in [5.74, 6) is 2.76. The van der Waals surface area contributed by atoms with Gasteiger partial charge in [0.15, 0.2) is 11.0 Å². The van der Waals surface area contributed by atoms with Crippen molar-refractivity contribution in [3.63, 3.8) is 0 Å². The van der Waals surface area contributed by atoms with Crippen LogP contribution >= 0.6 is 23.4 Å². The minimum atomic E-state index is -0.358. The van der Waals surface area contributed by atoms with E-state index < -0.39 is 0 Å². The van der Waals surface area contributed by atoms with E-state index in [0.29, 0.717) is 33.2 Å². The molecule has 2 N–H and O–H groups in total. The van der Waals surface area contributed by atoms with Crippen LogP contribution < -0.4 is 20.1 Å². The minimum absolute atomic E-state index is 0.167. The molecule has 2 amide bonds. The lowest BCUT2D eigenvalue weighted by atomic mass is 10.2. The van der Waals surface area contributed by atoms with Gasteiger partial charge in [-0.15, -0.1) is 10.2 Å². The van der Waals surface area contributed by atoms with Crippen LogP contribution in [0.4, 0.5) is 10.5 Å². The van der Waals surface area contributed by atoms with E-state index in [2.05, 4.69) is 20.8 Å². The van der Waals surface area contributed by atoms with Crippen molar-refractivity contribution in [1.82, 2.24) is 20.1 Å². The maximum Gasteiger partial charge on any atom is 0.319 e. The van der Waals surface area contributed by atoms with Crippen molar-refractivity contribution in [3.05, 3.63) is 88.7 Å². The Bertz CT molecular complexity index is 1340. The van der Waals surface area contributed by atoms with Gasteiger partial charge in [0.2, 0.25) is 0 Å². The van der Waals surface area contributed by atoms with E-state index >= 15 is 0 Å². The maximum atomic E-state index is 12.5. The first kappa shape index (κ1) is 25.4. The number of carbonyl (C=O) groups excluding carboxylic acids is 1. The third kappa shape index (κ3) is 6.30. The number of benzene rings is 3.